The van der Waals surface area contributed by atoms with Gasteiger partial charge in [-0.05, 0) is 25.1 Å². The Morgan fingerprint density at radius 2 is 1.72 bits per heavy atom. The van der Waals surface area contributed by atoms with Crippen molar-refractivity contribution in [3.05, 3.63) is 45.7 Å². The standard InChI is InChI=1S/C11H7Cl2F3N2/c1-6-5-9(11(14,15)16)17-18(6)10-7(12)3-2-4-8(10)13/h2-5H,1H3. The molecule has 1 aromatic carbocycles. The van der Waals surface area contributed by atoms with E-state index in [1.165, 1.54) is 19.1 Å². The summed E-state index contributed by atoms with van der Waals surface area (Å²) in [6.45, 7) is 1.50. The van der Waals surface area contributed by atoms with Crippen molar-refractivity contribution in [3.63, 3.8) is 0 Å². The summed E-state index contributed by atoms with van der Waals surface area (Å²) in [5.74, 6) is 0. The Balaban J connectivity index is 2.62. The van der Waals surface area contributed by atoms with Gasteiger partial charge in [-0.3, -0.25) is 0 Å². The zero-order valence-electron chi connectivity index (χ0n) is 9.09. The Bertz CT molecular complexity index is 570. The predicted molar refractivity (Wildman–Crippen MR) is 63.3 cm³/mol. The van der Waals surface area contributed by atoms with Gasteiger partial charge in [0.1, 0.15) is 5.69 Å². The van der Waals surface area contributed by atoms with Crippen LogP contribution in [0, 0.1) is 6.92 Å². The number of hydrogen-bond acceptors (Lipinski definition) is 1. The molecule has 1 heterocycles. The van der Waals surface area contributed by atoms with Crippen LogP contribution in [0.2, 0.25) is 10.0 Å². The van der Waals surface area contributed by atoms with Gasteiger partial charge in [-0.25, -0.2) is 4.68 Å². The van der Waals surface area contributed by atoms with Crippen molar-refractivity contribution in [2.24, 2.45) is 0 Å². The fraction of sp³-hybridized carbons (Fsp3) is 0.182. The SMILES string of the molecule is Cc1cc(C(F)(F)F)nn1-c1c(Cl)cccc1Cl. The Morgan fingerprint density at radius 3 is 2.17 bits per heavy atom. The van der Waals surface area contributed by atoms with Crippen molar-refractivity contribution < 1.29 is 13.2 Å². The van der Waals surface area contributed by atoms with E-state index in [0.717, 1.165) is 10.7 Å². The van der Waals surface area contributed by atoms with Crippen molar-refractivity contribution in [3.8, 4) is 5.69 Å². The average Bonchev–Trinajstić information content (AvgIpc) is 2.60. The molecule has 0 bridgehead atoms. The van der Waals surface area contributed by atoms with Crippen LogP contribution in [0.25, 0.3) is 5.69 Å². The van der Waals surface area contributed by atoms with E-state index in [1.807, 2.05) is 0 Å². The molecular weight excluding hydrogens is 288 g/mol. The normalized spacial score (nSPS) is 11.9. The first-order chi connectivity index (χ1) is 8.30. The van der Waals surface area contributed by atoms with Gasteiger partial charge in [0.2, 0.25) is 0 Å². The van der Waals surface area contributed by atoms with E-state index in [-0.39, 0.29) is 15.7 Å². The zero-order chi connectivity index (χ0) is 13.5. The Morgan fingerprint density at radius 1 is 1.17 bits per heavy atom. The lowest BCUT2D eigenvalue weighted by atomic mass is 10.3. The first kappa shape index (κ1) is 13.2. The molecule has 0 aliphatic rings. The molecule has 0 spiro atoms. The summed E-state index contributed by atoms with van der Waals surface area (Å²) in [6.07, 6.45) is -4.50. The maximum atomic E-state index is 12.6. The van der Waals surface area contributed by atoms with Crippen molar-refractivity contribution >= 4 is 23.2 Å². The van der Waals surface area contributed by atoms with Gasteiger partial charge in [0, 0.05) is 5.69 Å². The predicted octanol–water partition coefficient (Wildman–Crippen LogP) is 4.51. The lowest BCUT2D eigenvalue weighted by Gasteiger charge is -2.08. The summed E-state index contributed by atoms with van der Waals surface area (Å²) in [5, 5.41) is 3.97. The molecule has 18 heavy (non-hydrogen) atoms. The van der Waals surface area contributed by atoms with Crippen LogP contribution in [0.5, 0.6) is 0 Å². The minimum absolute atomic E-state index is 0.238. The lowest BCUT2D eigenvalue weighted by Crippen LogP contribution is -2.08. The van der Waals surface area contributed by atoms with Crippen molar-refractivity contribution in [1.82, 2.24) is 9.78 Å². The summed E-state index contributed by atoms with van der Waals surface area (Å²) in [6, 6.07) is 5.63. The van der Waals surface area contributed by atoms with E-state index in [0.29, 0.717) is 5.69 Å². The van der Waals surface area contributed by atoms with E-state index in [2.05, 4.69) is 5.10 Å². The molecule has 0 aliphatic carbocycles. The minimum Gasteiger partial charge on any atom is -0.234 e. The number of rotatable bonds is 1. The molecule has 0 atom stereocenters. The highest BCUT2D eigenvalue weighted by Crippen LogP contribution is 2.33. The maximum absolute atomic E-state index is 12.6. The third-order valence-electron chi connectivity index (χ3n) is 2.33. The largest absolute Gasteiger partial charge is 0.435 e. The Kier molecular flexibility index (Phi) is 3.29. The number of aryl methyl sites for hydroxylation is 1. The third kappa shape index (κ3) is 2.33. The number of alkyl halides is 3. The van der Waals surface area contributed by atoms with Gasteiger partial charge in [0.25, 0.3) is 0 Å². The minimum atomic E-state index is -4.50. The van der Waals surface area contributed by atoms with Crippen LogP contribution >= 0.6 is 23.2 Å². The van der Waals surface area contributed by atoms with E-state index in [4.69, 9.17) is 23.2 Å². The van der Waals surface area contributed by atoms with Gasteiger partial charge < -0.3 is 0 Å². The molecule has 0 saturated carbocycles. The molecule has 2 nitrogen and oxygen atoms in total. The second kappa shape index (κ2) is 4.48. The molecule has 0 fully saturated rings. The molecular formula is C11H7Cl2F3N2. The van der Waals surface area contributed by atoms with Crippen molar-refractivity contribution in [2.45, 2.75) is 13.1 Å². The lowest BCUT2D eigenvalue weighted by molar-refractivity contribution is -0.141. The number of halogens is 5. The van der Waals surface area contributed by atoms with E-state index in [1.54, 1.807) is 6.07 Å². The van der Waals surface area contributed by atoms with Crippen LogP contribution in [0.3, 0.4) is 0 Å². The van der Waals surface area contributed by atoms with E-state index in [9.17, 15) is 13.2 Å². The van der Waals surface area contributed by atoms with Crippen LogP contribution < -0.4 is 0 Å². The Hall–Kier alpha value is -1.20. The smallest absolute Gasteiger partial charge is 0.234 e. The summed E-state index contributed by atoms with van der Waals surface area (Å²) in [4.78, 5) is 0. The van der Waals surface area contributed by atoms with Crippen LogP contribution in [0.15, 0.2) is 24.3 Å². The van der Waals surface area contributed by atoms with Crippen LogP contribution in [0.1, 0.15) is 11.4 Å². The van der Waals surface area contributed by atoms with Gasteiger partial charge in [-0.1, -0.05) is 29.3 Å². The molecule has 1 aromatic heterocycles. The molecule has 0 aliphatic heterocycles. The number of hydrogen-bond donors (Lipinski definition) is 0. The summed E-state index contributed by atoms with van der Waals surface area (Å²) >= 11 is 11.9. The molecule has 0 unspecified atom stereocenters. The zero-order valence-corrected chi connectivity index (χ0v) is 10.6. The van der Waals surface area contributed by atoms with Crippen LogP contribution in [-0.2, 0) is 6.18 Å². The quantitative estimate of drug-likeness (QED) is 0.757. The van der Waals surface area contributed by atoms with Gasteiger partial charge in [0.05, 0.1) is 10.0 Å². The maximum Gasteiger partial charge on any atom is 0.435 e. The number of nitrogens with zero attached hydrogens (tertiary/aromatic N) is 2. The summed E-state index contributed by atoms with van der Waals surface area (Å²) in [7, 11) is 0. The third-order valence-corrected chi connectivity index (χ3v) is 2.94. The second-order valence-corrected chi connectivity index (χ2v) is 4.47. The van der Waals surface area contributed by atoms with Gasteiger partial charge in [-0.2, -0.15) is 18.3 Å². The number of benzene rings is 1. The highest BCUT2D eigenvalue weighted by Gasteiger charge is 2.34. The number of aromatic nitrogens is 2. The first-order valence-corrected chi connectivity index (χ1v) is 5.64. The second-order valence-electron chi connectivity index (χ2n) is 3.65. The fourth-order valence-electron chi connectivity index (χ4n) is 1.53. The summed E-state index contributed by atoms with van der Waals surface area (Å²) in [5.41, 5.74) is -0.429. The fourth-order valence-corrected chi connectivity index (χ4v) is 2.09. The monoisotopic (exact) mass is 294 g/mol. The van der Waals surface area contributed by atoms with Crippen LogP contribution in [0.4, 0.5) is 13.2 Å². The van der Waals surface area contributed by atoms with E-state index < -0.39 is 11.9 Å². The molecule has 0 radical (unpaired) electrons. The van der Waals surface area contributed by atoms with Gasteiger partial charge in [0.15, 0.2) is 5.69 Å². The number of para-hydroxylation sites is 1. The van der Waals surface area contributed by atoms with Gasteiger partial charge >= 0.3 is 6.18 Å². The Labute approximate surface area is 111 Å². The topological polar surface area (TPSA) is 17.8 Å². The summed E-state index contributed by atoms with van der Waals surface area (Å²) < 4.78 is 38.8. The molecule has 2 rings (SSSR count). The first-order valence-electron chi connectivity index (χ1n) is 4.89. The molecule has 96 valence electrons. The highest BCUT2D eigenvalue weighted by atomic mass is 35.5. The molecule has 2 aromatic rings. The van der Waals surface area contributed by atoms with Crippen molar-refractivity contribution in [1.29, 1.82) is 0 Å². The molecule has 7 heteroatoms. The molecule has 0 N–H and O–H groups in total. The highest BCUT2D eigenvalue weighted by molar-refractivity contribution is 6.37. The van der Waals surface area contributed by atoms with Crippen LogP contribution in [-0.4, -0.2) is 9.78 Å². The van der Waals surface area contributed by atoms with Crippen molar-refractivity contribution in [2.75, 3.05) is 0 Å². The van der Waals surface area contributed by atoms with E-state index >= 15 is 0 Å². The average molecular weight is 295 g/mol. The van der Waals surface area contributed by atoms with Gasteiger partial charge in [-0.15, -0.1) is 0 Å². The molecule has 0 amide bonds. The molecule has 0 saturated heterocycles.